The van der Waals surface area contributed by atoms with E-state index in [2.05, 4.69) is 5.32 Å². The SMILES string of the molecule is O=C1CN(C(=O)c2ccc(F)cc2)C(c2cccs2)c2cc(Cl)ccc2N1. The van der Waals surface area contributed by atoms with E-state index in [0.29, 0.717) is 16.3 Å². The smallest absolute Gasteiger partial charge is 0.255 e. The molecule has 3 aromatic rings. The Hall–Kier alpha value is -2.70. The normalized spacial score (nSPS) is 16.4. The Morgan fingerprint density at radius 2 is 1.96 bits per heavy atom. The highest BCUT2D eigenvalue weighted by atomic mass is 35.5. The molecule has 1 N–H and O–H groups in total. The molecule has 1 unspecified atom stereocenters. The van der Waals surface area contributed by atoms with Gasteiger partial charge in [-0.2, -0.15) is 0 Å². The van der Waals surface area contributed by atoms with E-state index in [0.717, 1.165) is 10.4 Å². The van der Waals surface area contributed by atoms with E-state index in [1.54, 1.807) is 18.2 Å². The summed E-state index contributed by atoms with van der Waals surface area (Å²) in [6.45, 7) is -0.120. The minimum Gasteiger partial charge on any atom is -0.324 e. The Labute approximate surface area is 164 Å². The predicted molar refractivity (Wildman–Crippen MR) is 104 cm³/mol. The van der Waals surface area contributed by atoms with Crippen molar-refractivity contribution in [1.82, 2.24) is 4.90 Å². The van der Waals surface area contributed by atoms with Crippen molar-refractivity contribution in [3.8, 4) is 0 Å². The number of hydrogen-bond donors (Lipinski definition) is 1. The minimum absolute atomic E-state index is 0.120. The number of nitrogens with zero attached hydrogens (tertiary/aromatic N) is 1. The van der Waals surface area contributed by atoms with Crippen molar-refractivity contribution in [1.29, 1.82) is 0 Å². The van der Waals surface area contributed by atoms with Crippen molar-refractivity contribution >= 4 is 40.4 Å². The van der Waals surface area contributed by atoms with Crippen LogP contribution in [0.4, 0.5) is 10.1 Å². The van der Waals surface area contributed by atoms with E-state index < -0.39 is 11.9 Å². The molecular formula is C20H14ClFN2O2S. The zero-order valence-corrected chi connectivity index (χ0v) is 15.6. The van der Waals surface area contributed by atoms with E-state index >= 15 is 0 Å². The molecule has 2 aromatic carbocycles. The molecule has 2 amide bonds. The number of carbonyl (C=O) groups excluding carboxylic acids is 2. The standard InChI is InChI=1S/C20H14ClFN2O2S/c21-13-5-8-16-15(10-13)19(17-2-1-9-27-17)24(11-18(25)23-16)20(26)12-3-6-14(22)7-4-12/h1-10,19H,11H2,(H,23,25). The summed E-state index contributed by atoms with van der Waals surface area (Å²) in [6, 6.07) is 13.8. The maximum atomic E-state index is 13.3. The first kappa shape index (κ1) is 17.7. The third-order valence-electron chi connectivity index (χ3n) is 4.37. The minimum atomic E-state index is -0.477. The summed E-state index contributed by atoms with van der Waals surface area (Å²) in [4.78, 5) is 28.1. The summed E-state index contributed by atoms with van der Waals surface area (Å²) in [5, 5.41) is 5.27. The molecule has 0 aliphatic carbocycles. The number of carbonyl (C=O) groups is 2. The number of nitrogens with one attached hydrogen (secondary N) is 1. The number of rotatable bonds is 2. The fourth-order valence-electron chi connectivity index (χ4n) is 3.18. The van der Waals surface area contributed by atoms with Gasteiger partial charge in [0.05, 0.1) is 6.04 Å². The number of thiophene rings is 1. The van der Waals surface area contributed by atoms with Crippen molar-refractivity contribution < 1.29 is 14.0 Å². The van der Waals surface area contributed by atoms with Crippen LogP contribution in [0, 0.1) is 5.82 Å². The molecule has 136 valence electrons. The molecular weight excluding hydrogens is 387 g/mol. The van der Waals surface area contributed by atoms with Crippen molar-refractivity contribution in [2.24, 2.45) is 0 Å². The number of anilines is 1. The molecule has 1 atom stereocenters. The van der Waals surface area contributed by atoms with Crippen LogP contribution in [-0.4, -0.2) is 23.3 Å². The van der Waals surface area contributed by atoms with Crippen LogP contribution in [0.5, 0.6) is 0 Å². The van der Waals surface area contributed by atoms with Crippen molar-refractivity contribution in [2.45, 2.75) is 6.04 Å². The first-order valence-corrected chi connectivity index (χ1v) is 9.48. The molecule has 0 saturated carbocycles. The van der Waals surface area contributed by atoms with Gasteiger partial charge in [-0.15, -0.1) is 11.3 Å². The second-order valence-corrected chi connectivity index (χ2v) is 7.55. The summed E-state index contributed by atoms with van der Waals surface area (Å²) in [7, 11) is 0. The fraction of sp³-hybridized carbons (Fsp3) is 0.100. The van der Waals surface area contributed by atoms with Gasteiger partial charge < -0.3 is 10.2 Å². The molecule has 4 rings (SSSR count). The largest absolute Gasteiger partial charge is 0.324 e. The average Bonchev–Trinajstić information content (AvgIpc) is 3.13. The number of hydrogen-bond acceptors (Lipinski definition) is 3. The lowest BCUT2D eigenvalue weighted by Gasteiger charge is -2.29. The van der Waals surface area contributed by atoms with Crippen LogP contribution < -0.4 is 5.32 Å². The Bertz CT molecular complexity index is 1010. The average molecular weight is 401 g/mol. The zero-order valence-electron chi connectivity index (χ0n) is 14.0. The highest BCUT2D eigenvalue weighted by Crippen LogP contribution is 2.39. The fourth-order valence-corrected chi connectivity index (χ4v) is 4.21. The zero-order chi connectivity index (χ0) is 19.0. The molecule has 7 heteroatoms. The van der Waals surface area contributed by atoms with Gasteiger partial charge >= 0.3 is 0 Å². The Morgan fingerprint density at radius 3 is 2.67 bits per heavy atom. The van der Waals surface area contributed by atoms with Gasteiger partial charge in [0.25, 0.3) is 5.91 Å². The van der Waals surface area contributed by atoms with Crippen LogP contribution in [0.25, 0.3) is 0 Å². The molecule has 0 fully saturated rings. The summed E-state index contributed by atoms with van der Waals surface area (Å²) >= 11 is 7.69. The van der Waals surface area contributed by atoms with Crippen molar-refractivity contribution in [3.63, 3.8) is 0 Å². The number of benzene rings is 2. The Balaban J connectivity index is 1.86. The lowest BCUT2D eigenvalue weighted by atomic mass is 10.0. The molecule has 1 aliphatic rings. The summed E-state index contributed by atoms with van der Waals surface area (Å²) in [5.41, 5.74) is 1.68. The second kappa shape index (κ2) is 7.13. The van der Waals surface area contributed by atoms with E-state index in [-0.39, 0.29) is 18.4 Å². The maximum Gasteiger partial charge on any atom is 0.255 e. The van der Waals surface area contributed by atoms with Gasteiger partial charge in [-0.25, -0.2) is 4.39 Å². The quantitative estimate of drug-likeness (QED) is 0.676. The van der Waals surface area contributed by atoms with Crippen LogP contribution in [0.1, 0.15) is 26.8 Å². The highest BCUT2D eigenvalue weighted by molar-refractivity contribution is 7.10. The molecule has 0 radical (unpaired) electrons. The van der Waals surface area contributed by atoms with E-state index in [1.807, 2.05) is 17.5 Å². The van der Waals surface area contributed by atoms with E-state index in [4.69, 9.17) is 11.6 Å². The van der Waals surface area contributed by atoms with Crippen molar-refractivity contribution in [2.75, 3.05) is 11.9 Å². The molecule has 27 heavy (non-hydrogen) atoms. The molecule has 0 spiro atoms. The molecule has 1 aliphatic heterocycles. The van der Waals surface area contributed by atoms with E-state index in [1.165, 1.54) is 40.5 Å². The lowest BCUT2D eigenvalue weighted by Crippen LogP contribution is -2.38. The first-order chi connectivity index (χ1) is 13.0. The molecule has 1 aromatic heterocycles. The van der Waals surface area contributed by atoms with E-state index in [9.17, 15) is 14.0 Å². The topological polar surface area (TPSA) is 49.4 Å². The third kappa shape index (κ3) is 3.46. The number of amides is 2. The van der Waals surface area contributed by atoms with Gasteiger partial charge in [0.15, 0.2) is 0 Å². The predicted octanol–water partition coefficient (Wildman–Crippen LogP) is 4.72. The molecule has 2 heterocycles. The van der Waals surface area contributed by atoms with Crippen LogP contribution >= 0.6 is 22.9 Å². The summed E-state index contributed by atoms with van der Waals surface area (Å²) in [5.74, 6) is -1.07. The summed E-state index contributed by atoms with van der Waals surface area (Å²) < 4.78 is 13.3. The van der Waals surface area contributed by atoms with Gasteiger partial charge in [0, 0.05) is 26.7 Å². The monoisotopic (exact) mass is 400 g/mol. The number of halogens is 2. The van der Waals surface area contributed by atoms with Crippen LogP contribution in [0.15, 0.2) is 60.0 Å². The first-order valence-electron chi connectivity index (χ1n) is 8.22. The molecule has 0 bridgehead atoms. The van der Waals surface area contributed by atoms with Crippen LogP contribution in [0.2, 0.25) is 5.02 Å². The maximum absolute atomic E-state index is 13.3. The number of fused-ring (bicyclic) bond motifs is 1. The van der Waals surface area contributed by atoms with Gasteiger partial charge in [-0.3, -0.25) is 9.59 Å². The molecule has 4 nitrogen and oxygen atoms in total. The Kier molecular flexibility index (Phi) is 4.68. The van der Waals surface area contributed by atoms with Gasteiger partial charge in [0.2, 0.25) is 5.91 Å². The third-order valence-corrected chi connectivity index (χ3v) is 5.53. The van der Waals surface area contributed by atoms with Gasteiger partial charge in [0.1, 0.15) is 12.4 Å². The van der Waals surface area contributed by atoms with Crippen LogP contribution in [0.3, 0.4) is 0 Å². The highest BCUT2D eigenvalue weighted by Gasteiger charge is 2.34. The Morgan fingerprint density at radius 1 is 1.19 bits per heavy atom. The van der Waals surface area contributed by atoms with Gasteiger partial charge in [-0.05, 0) is 53.9 Å². The second-order valence-electron chi connectivity index (χ2n) is 6.14. The summed E-state index contributed by atoms with van der Waals surface area (Å²) in [6.07, 6.45) is 0. The van der Waals surface area contributed by atoms with Crippen LogP contribution in [-0.2, 0) is 4.79 Å². The molecule has 0 saturated heterocycles. The lowest BCUT2D eigenvalue weighted by molar-refractivity contribution is -0.117. The van der Waals surface area contributed by atoms with Crippen molar-refractivity contribution in [3.05, 3.63) is 86.8 Å². The van der Waals surface area contributed by atoms with Gasteiger partial charge in [-0.1, -0.05) is 17.7 Å².